The van der Waals surface area contributed by atoms with Gasteiger partial charge in [-0.15, -0.1) is 0 Å². The summed E-state index contributed by atoms with van der Waals surface area (Å²) in [6, 6.07) is 7.41. The van der Waals surface area contributed by atoms with Crippen LogP contribution in [0, 0.1) is 0 Å². The van der Waals surface area contributed by atoms with Gasteiger partial charge in [-0.1, -0.05) is 24.6 Å². The van der Waals surface area contributed by atoms with E-state index in [1.54, 1.807) is 24.3 Å². The van der Waals surface area contributed by atoms with Crippen LogP contribution < -0.4 is 10.5 Å². The minimum absolute atomic E-state index is 0.178. The molecule has 2 N–H and O–H groups in total. The van der Waals surface area contributed by atoms with E-state index in [9.17, 15) is 8.78 Å². The quantitative estimate of drug-likeness (QED) is 0.903. The third kappa shape index (κ3) is 4.14. The number of alkyl halides is 2. The van der Waals surface area contributed by atoms with Gasteiger partial charge in [-0.25, -0.2) is 0 Å². The Morgan fingerprint density at radius 1 is 1.24 bits per heavy atom. The van der Waals surface area contributed by atoms with Crippen molar-refractivity contribution in [2.45, 2.75) is 57.8 Å². The lowest BCUT2D eigenvalue weighted by atomic mass is 9.95. The molecule has 0 spiro atoms. The van der Waals surface area contributed by atoms with Crippen molar-refractivity contribution < 1.29 is 13.5 Å². The van der Waals surface area contributed by atoms with Crippen LogP contribution in [0.1, 0.15) is 44.7 Å². The van der Waals surface area contributed by atoms with Gasteiger partial charge >= 0.3 is 6.61 Å². The molecule has 3 nitrogen and oxygen atoms in total. The summed E-state index contributed by atoms with van der Waals surface area (Å²) in [5.74, 6) is 0.178. The largest absolute Gasteiger partial charge is 0.434 e. The fourth-order valence-corrected chi connectivity index (χ4v) is 3.15. The predicted molar refractivity (Wildman–Crippen MR) is 79.5 cm³/mol. The Bertz CT molecular complexity index is 446. The van der Waals surface area contributed by atoms with Crippen LogP contribution >= 0.6 is 0 Å². The summed E-state index contributed by atoms with van der Waals surface area (Å²) in [6.07, 6.45) is 3.55. The first-order valence-electron chi connectivity index (χ1n) is 7.54. The molecule has 1 fully saturated rings. The predicted octanol–water partition coefficient (Wildman–Crippen LogP) is 3.55. The third-order valence-electron chi connectivity index (χ3n) is 4.32. The van der Waals surface area contributed by atoms with Crippen molar-refractivity contribution in [1.82, 2.24) is 4.90 Å². The molecule has 1 aromatic carbocycles. The van der Waals surface area contributed by atoms with Crippen LogP contribution in [-0.4, -0.2) is 30.1 Å². The standard InChI is InChI=1S/C16H24F2N2O/c1-11-6-5-7-12(2)20(11)10-14(19)13-8-3-4-9-15(13)21-16(17)18/h3-4,8-9,11-12,14,16H,5-7,10,19H2,1-2H3. The summed E-state index contributed by atoms with van der Waals surface area (Å²) in [6.45, 7) is 2.23. The monoisotopic (exact) mass is 298 g/mol. The molecular weight excluding hydrogens is 274 g/mol. The molecule has 1 aromatic rings. The number of likely N-dealkylation sites (tertiary alicyclic amines) is 1. The molecule has 3 atom stereocenters. The van der Waals surface area contributed by atoms with Crippen molar-refractivity contribution in [1.29, 1.82) is 0 Å². The van der Waals surface area contributed by atoms with Crippen molar-refractivity contribution in [2.75, 3.05) is 6.54 Å². The molecule has 0 aliphatic carbocycles. The lowest BCUT2D eigenvalue weighted by molar-refractivity contribution is -0.0507. The molecule has 0 bridgehead atoms. The Morgan fingerprint density at radius 2 is 1.86 bits per heavy atom. The molecule has 0 aromatic heterocycles. The van der Waals surface area contributed by atoms with Gasteiger partial charge in [0.05, 0.1) is 0 Å². The highest BCUT2D eigenvalue weighted by atomic mass is 19.3. The summed E-state index contributed by atoms with van der Waals surface area (Å²) in [7, 11) is 0. The second kappa shape index (κ2) is 7.18. The second-order valence-electron chi connectivity index (χ2n) is 5.85. The number of ether oxygens (including phenoxy) is 1. The summed E-state index contributed by atoms with van der Waals surface area (Å²) < 4.78 is 29.5. The molecule has 118 valence electrons. The lowest BCUT2D eigenvalue weighted by Gasteiger charge is -2.40. The minimum atomic E-state index is -2.83. The van der Waals surface area contributed by atoms with E-state index in [0.717, 1.165) is 12.8 Å². The van der Waals surface area contributed by atoms with Crippen LogP contribution in [0.15, 0.2) is 24.3 Å². The molecule has 0 radical (unpaired) electrons. The van der Waals surface area contributed by atoms with E-state index in [4.69, 9.17) is 5.73 Å². The number of nitrogens with zero attached hydrogens (tertiary/aromatic N) is 1. The van der Waals surface area contributed by atoms with Crippen molar-refractivity contribution in [3.63, 3.8) is 0 Å². The number of hydrogen-bond acceptors (Lipinski definition) is 3. The van der Waals surface area contributed by atoms with E-state index < -0.39 is 6.61 Å². The van der Waals surface area contributed by atoms with Gasteiger partial charge in [0, 0.05) is 30.2 Å². The van der Waals surface area contributed by atoms with Gasteiger partial charge in [0.15, 0.2) is 0 Å². The maximum absolute atomic E-state index is 12.5. The van der Waals surface area contributed by atoms with E-state index in [2.05, 4.69) is 23.5 Å². The Morgan fingerprint density at radius 3 is 2.48 bits per heavy atom. The number of para-hydroxylation sites is 1. The zero-order valence-corrected chi connectivity index (χ0v) is 12.6. The van der Waals surface area contributed by atoms with Gasteiger partial charge < -0.3 is 10.5 Å². The first-order valence-corrected chi connectivity index (χ1v) is 7.54. The molecule has 1 aliphatic heterocycles. The minimum Gasteiger partial charge on any atom is -0.434 e. The summed E-state index contributed by atoms with van der Waals surface area (Å²) in [4.78, 5) is 2.37. The summed E-state index contributed by atoms with van der Waals surface area (Å²) in [5, 5.41) is 0. The fourth-order valence-electron chi connectivity index (χ4n) is 3.15. The van der Waals surface area contributed by atoms with Crippen molar-refractivity contribution in [3.8, 4) is 5.75 Å². The van der Waals surface area contributed by atoms with Crippen LogP contribution in [0.3, 0.4) is 0 Å². The van der Waals surface area contributed by atoms with Crippen molar-refractivity contribution in [3.05, 3.63) is 29.8 Å². The molecule has 0 amide bonds. The van der Waals surface area contributed by atoms with Gasteiger partial charge in [-0.05, 0) is 32.8 Å². The van der Waals surface area contributed by atoms with Gasteiger partial charge in [-0.3, -0.25) is 4.90 Å². The first-order chi connectivity index (χ1) is 9.99. The van der Waals surface area contributed by atoms with E-state index >= 15 is 0 Å². The van der Waals surface area contributed by atoms with Gasteiger partial charge in [-0.2, -0.15) is 8.78 Å². The molecule has 21 heavy (non-hydrogen) atoms. The van der Waals surface area contributed by atoms with E-state index in [-0.39, 0.29) is 11.8 Å². The number of hydrogen-bond donors (Lipinski definition) is 1. The lowest BCUT2D eigenvalue weighted by Crippen LogP contribution is -2.46. The number of benzene rings is 1. The number of halogens is 2. The van der Waals surface area contributed by atoms with Crippen molar-refractivity contribution >= 4 is 0 Å². The number of rotatable bonds is 5. The second-order valence-corrected chi connectivity index (χ2v) is 5.85. The van der Waals surface area contributed by atoms with Crippen LogP contribution in [0.2, 0.25) is 0 Å². The van der Waals surface area contributed by atoms with Gasteiger partial charge in [0.1, 0.15) is 5.75 Å². The summed E-state index contributed by atoms with van der Waals surface area (Å²) in [5.41, 5.74) is 6.90. The zero-order chi connectivity index (χ0) is 15.4. The Balaban J connectivity index is 2.10. The van der Waals surface area contributed by atoms with Crippen LogP contribution in [0.25, 0.3) is 0 Å². The van der Waals surface area contributed by atoms with E-state index in [1.165, 1.54) is 6.42 Å². The summed E-state index contributed by atoms with van der Waals surface area (Å²) >= 11 is 0. The maximum Gasteiger partial charge on any atom is 0.387 e. The van der Waals surface area contributed by atoms with Gasteiger partial charge in [0.25, 0.3) is 0 Å². The molecule has 1 heterocycles. The molecule has 3 unspecified atom stereocenters. The highest BCUT2D eigenvalue weighted by molar-refractivity contribution is 5.36. The Labute approximate surface area is 125 Å². The van der Waals surface area contributed by atoms with Crippen LogP contribution in [0.4, 0.5) is 8.78 Å². The topological polar surface area (TPSA) is 38.5 Å². The smallest absolute Gasteiger partial charge is 0.387 e. The normalized spacial score (nSPS) is 25.0. The SMILES string of the molecule is CC1CCCC(C)N1CC(N)c1ccccc1OC(F)F. The average Bonchev–Trinajstić information content (AvgIpc) is 2.43. The van der Waals surface area contributed by atoms with Crippen molar-refractivity contribution in [2.24, 2.45) is 5.73 Å². The van der Waals surface area contributed by atoms with E-state index in [0.29, 0.717) is 24.2 Å². The molecule has 0 saturated carbocycles. The first kappa shape index (κ1) is 16.2. The average molecular weight is 298 g/mol. The maximum atomic E-state index is 12.5. The van der Waals surface area contributed by atoms with Crippen LogP contribution in [-0.2, 0) is 0 Å². The number of nitrogens with two attached hydrogens (primary N) is 1. The number of piperidine rings is 1. The molecular formula is C16H24F2N2O. The Kier molecular flexibility index (Phi) is 5.53. The fraction of sp³-hybridized carbons (Fsp3) is 0.625. The third-order valence-corrected chi connectivity index (χ3v) is 4.32. The highest BCUT2D eigenvalue weighted by Gasteiger charge is 2.27. The van der Waals surface area contributed by atoms with E-state index in [1.807, 2.05) is 0 Å². The Hall–Kier alpha value is -1.20. The molecule has 1 aliphatic rings. The zero-order valence-electron chi connectivity index (χ0n) is 12.6. The van der Waals surface area contributed by atoms with Gasteiger partial charge in [0.2, 0.25) is 0 Å². The highest BCUT2D eigenvalue weighted by Crippen LogP contribution is 2.29. The molecule has 1 saturated heterocycles. The molecule has 2 rings (SSSR count). The van der Waals surface area contributed by atoms with Crippen LogP contribution in [0.5, 0.6) is 5.75 Å². The molecule has 5 heteroatoms.